The van der Waals surface area contributed by atoms with E-state index in [2.05, 4.69) is 23.2 Å². The molecule has 11 heavy (non-hydrogen) atoms. The Morgan fingerprint density at radius 3 is 2.82 bits per heavy atom. The maximum atomic E-state index is 5.58. The summed E-state index contributed by atoms with van der Waals surface area (Å²) in [6.45, 7) is 4.38. The molecule has 62 valence electrons. The Balaban J connectivity index is 2.50. The summed E-state index contributed by atoms with van der Waals surface area (Å²) in [5.41, 5.74) is 0. The summed E-state index contributed by atoms with van der Waals surface area (Å²) in [5, 5.41) is 1.43. The lowest BCUT2D eigenvalue weighted by molar-refractivity contribution is 0.558. The van der Waals surface area contributed by atoms with Crippen LogP contribution in [0.3, 0.4) is 0 Å². The van der Waals surface area contributed by atoms with Gasteiger partial charge >= 0.3 is 0 Å². The van der Waals surface area contributed by atoms with Crippen molar-refractivity contribution in [3.05, 3.63) is 10.3 Å². The first-order valence-corrected chi connectivity index (χ1v) is 4.85. The molecule has 1 unspecified atom stereocenters. The number of hydrogen-bond acceptors (Lipinski definition) is 3. The second-order valence-corrected chi connectivity index (χ2v) is 3.85. The fourth-order valence-electron chi connectivity index (χ4n) is 0.759. The fourth-order valence-corrected chi connectivity index (χ4v) is 1.72. The molecule has 1 aromatic rings. The second kappa shape index (κ2) is 4.02. The highest BCUT2D eigenvalue weighted by molar-refractivity contribution is 7.05. The van der Waals surface area contributed by atoms with Gasteiger partial charge in [-0.15, -0.1) is 0 Å². The van der Waals surface area contributed by atoms with Crippen molar-refractivity contribution in [2.75, 3.05) is 0 Å². The smallest absolute Gasteiger partial charge is 0.210 e. The van der Waals surface area contributed by atoms with Gasteiger partial charge in [-0.3, -0.25) is 0 Å². The Bertz CT molecular complexity index is 224. The number of hydrogen-bond donors (Lipinski definition) is 0. The topological polar surface area (TPSA) is 25.8 Å². The first-order chi connectivity index (χ1) is 5.22. The van der Waals surface area contributed by atoms with E-state index in [-0.39, 0.29) is 0 Å². The molecule has 1 rings (SSSR count). The standard InChI is InChI=1S/C7H11ClN2S/c1-3-5(2)4-6-9-7(8)10-11-6/h5H,3-4H2,1-2H3. The van der Waals surface area contributed by atoms with Crippen LogP contribution in [0.1, 0.15) is 25.3 Å². The van der Waals surface area contributed by atoms with Crippen LogP contribution in [0.2, 0.25) is 5.28 Å². The van der Waals surface area contributed by atoms with Crippen molar-refractivity contribution in [1.29, 1.82) is 0 Å². The quantitative estimate of drug-likeness (QED) is 0.733. The fraction of sp³-hybridized carbons (Fsp3) is 0.714. The molecule has 0 aliphatic rings. The summed E-state index contributed by atoms with van der Waals surface area (Å²) in [6.07, 6.45) is 2.18. The molecule has 0 radical (unpaired) electrons. The van der Waals surface area contributed by atoms with E-state index in [0.717, 1.165) is 11.4 Å². The summed E-state index contributed by atoms with van der Waals surface area (Å²) in [7, 11) is 0. The molecule has 0 saturated heterocycles. The zero-order valence-corrected chi connectivity index (χ0v) is 8.24. The SMILES string of the molecule is CCC(C)Cc1nc(Cl)ns1. The molecule has 0 N–H and O–H groups in total. The van der Waals surface area contributed by atoms with Gasteiger partial charge in [-0.05, 0) is 29.1 Å². The van der Waals surface area contributed by atoms with Gasteiger partial charge in [0.1, 0.15) is 5.01 Å². The highest BCUT2D eigenvalue weighted by atomic mass is 35.5. The van der Waals surface area contributed by atoms with Crippen molar-refractivity contribution in [3.8, 4) is 0 Å². The molecule has 0 aliphatic heterocycles. The Morgan fingerprint density at radius 2 is 2.36 bits per heavy atom. The van der Waals surface area contributed by atoms with Crippen molar-refractivity contribution in [3.63, 3.8) is 0 Å². The zero-order valence-electron chi connectivity index (χ0n) is 6.67. The Morgan fingerprint density at radius 1 is 1.64 bits per heavy atom. The Kier molecular flexibility index (Phi) is 3.27. The molecule has 2 nitrogen and oxygen atoms in total. The van der Waals surface area contributed by atoms with Crippen LogP contribution in [-0.4, -0.2) is 9.36 Å². The van der Waals surface area contributed by atoms with Crippen LogP contribution in [0.15, 0.2) is 0 Å². The van der Waals surface area contributed by atoms with E-state index in [1.807, 2.05) is 0 Å². The van der Waals surface area contributed by atoms with Crippen molar-refractivity contribution >= 4 is 23.1 Å². The van der Waals surface area contributed by atoms with E-state index >= 15 is 0 Å². The van der Waals surface area contributed by atoms with E-state index in [1.165, 1.54) is 18.0 Å². The third-order valence-electron chi connectivity index (χ3n) is 1.66. The third kappa shape index (κ3) is 2.75. The van der Waals surface area contributed by atoms with Gasteiger partial charge in [-0.1, -0.05) is 20.3 Å². The molecule has 0 spiro atoms. The summed E-state index contributed by atoms with van der Waals surface area (Å²) in [6, 6.07) is 0. The van der Waals surface area contributed by atoms with Gasteiger partial charge in [-0.25, -0.2) is 4.98 Å². The number of nitrogens with zero attached hydrogens (tertiary/aromatic N) is 2. The summed E-state index contributed by atoms with van der Waals surface area (Å²) >= 11 is 6.98. The van der Waals surface area contributed by atoms with E-state index in [0.29, 0.717) is 11.2 Å². The van der Waals surface area contributed by atoms with Crippen LogP contribution in [-0.2, 0) is 6.42 Å². The maximum Gasteiger partial charge on any atom is 0.234 e. The number of rotatable bonds is 3. The van der Waals surface area contributed by atoms with Crippen LogP contribution in [0, 0.1) is 5.92 Å². The van der Waals surface area contributed by atoms with E-state index in [1.54, 1.807) is 0 Å². The normalized spacial score (nSPS) is 13.4. The summed E-state index contributed by atoms with van der Waals surface area (Å²) in [5.74, 6) is 0.680. The van der Waals surface area contributed by atoms with Gasteiger partial charge in [0.05, 0.1) is 0 Å². The molecule has 0 amide bonds. The van der Waals surface area contributed by atoms with Gasteiger partial charge in [0.15, 0.2) is 0 Å². The average molecular weight is 191 g/mol. The predicted octanol–water partition coefficient (Wildman–Crippen LogP) is 2.78. The lowest BCUT2D eigenvalue weighted by Crippen LogP contribution is -1.96. The first-order valence-electron chi connectivity index (χ1n) is 3.70. The monoisotopic (exact) mass is 190 g/mol. The van der Waals surface area contributed by atoms with Gasteiger partial charge < -0.3 is 0 Å². The van der Waals surface area contributed by atoms with Gasteiger partial charge in [0.2, 0.25) is 5.28 Å². The van der Waals surface area contributed by atoms with Gasteiger partial charge in [-0.2, -0.15) is 4.37 Å². The summed E-state index contributed by atoms with van der Waals surface area (Å²) < 4.78 is 3.90. The van der Waals surface area contributed by atoms with Crippen molar-refractivity contribution in [2.24, 2.45) is 5.92 Å². The minimum absolute atomic E-state index is 0.383. The lowest BCUT2D eigenvalue weighted by atomic mass is 10.1. The molecule has 1 aromatic heterocycles. The molecule has 4 heteroatoms. The zero-order chi connectivity index (χ0) is 8.27. The van der Waals surface area contributed by atoms with E-state index < -0.39 is 0 Å². The van der Waals surface area contributed by atoms with Crippen molar-refractivity contribution < 1.29 is 0 Å². The Hall–Kier alpha value is -0.150. The van der Waals surface area contributed by atoms with Crippen LogP contribution in [0.4, 0.5) is 0 Å². The van der Waals surface area contributed by atoms with Gasteiger partial charge in [0, 0.05) is 6.42 Å². The van der Waals surface area contributed by atoms with Crippen molar-refractivity contribution in [1.82, 2.24) is 9.36 Å². The van der Waals surface area contributed by atoms with Crippen LogP contribution in [0.5, 0.6) is 0 Å². The van der Waals surface area contributed by atoms with E-state index in [4.69, 9.17) is 11.6 Å². The highest BCUT2D eigenvalue weighted by Gasteiger charge is 2.05. The molecule has 1 heterocycles. The first kappa shape index (κ1) is 8.94. The molecule has 0 saturated carbocycles. The molecule has 0 aromatic carbocycles. The third-order valence-corrected chi connectivity index (χ3v) is 2.67. The largest absolute Gasteiger partial charge is 0.234 e. The molecular weight excluding hydrogens is 180 g/mol. The van der Waals surface area contributed by atoms with Gasteiger partial charge in [0.25, 0.3) is 0 Å². The van der Waals surface area contributed by atoms with Crippen LogP contribution in [0.25, 0.3) is 0 Å². The predicted molar refractivity (Wildman–Crippen MR) is 48.1 cm³/mol. The highest BCUT2D eigenvalue weighted by Crippen LogP contribution is 2.15. The minimum Gasteiger partial charge on any atom is -0.210 e. The Labute approximate surface area is 75.8 Å². The second-order valence-electron chi connectivity index (χ2n) is 2.67. The molecular formula is C7H11ClN2S. The maximum absolute atomic E-state index is 5.58. The molecule has 0 aliphatic carbocycles. The molecule has 1 atom stereocenters. The number of halogens is 1. The summed E-state index contributed by atoms with van der Waals surface area (Å²) in [4.78, 5) is 4.07. The van der Waals surface area contributed by atoms with E-state index in [9.17, 15) is 0 Å². The minimum atomic E-state index is 0.383. The van der Waals surface area contributed by atoms with Crippen molar-refractivity contribution in [2.45, 2.75) is 26.7 Å². The molecule has 0 fully saturated rings. The number of aromatic nitrogens is 2. The molecule has 0 bridgehead atoms. The van der Waals surface area contributed by atoms with Crippen LogP contribution < -0.4 is 0 Å². The average Bonchev–Trinajstić information content (AvgIpc) is 2.35. The van der Waals surface area contributed by atoms with Crippen LogP contribution >= 0.6 is 23.1 Å². The lowest BCUT2D eigenvalue weighted by Gasteiger charge is -2.02.